The molecule has 10 heavy (non-hydrogen) atoms. The molecule has 0 aromatic heterocycles. The van der Waals surface area contributed by atoms with Crippen LogP contribution in [0.25, 0.3) is 0 Å². The van der Waals surface area contributed by atoms with Gasteiger partial charge in [-0.3, -0.25) is 0 Å². The average molecular weight is 139 g/mol. The van der Waals surface area contributed by atoms with Gasteiger partial charge in [0.25, 0.3) is 0 Å². The normalized spacial score (nSPS) is 38.5. The highest BCUT2D eigenvalue weighted by molar-refractivity contribution is 5.18. The Balaban J connectivity index is 2.77. The topological polar surface area (TPSA) is 39.7 Å². The fourth-order valence-electron chi connectivity index (χ4n) is 0.999. The molecule has 0 amide bonds. The maximum atomic E-state index is 10.6. The largest absolute Gasteiger partial charge is 0.635 e. The van der Waals surface area contributed by atoms with E-state index in [1.54, 1.807) is 0 Å². The molecule has 0 heterocycles. The van der Waals surface area contributed by atoms with Crippen LogP contribution in [0.3, 0.4) is 0 Å². The van der Waals surface area contributed by atoms with Gasteiger partial charge in [0.1, 0.15) is 5.54 Å². The summed E-state index contributed by atoms with van der Waals surface area (Å²) in [6, 6.07) is 0. The van der Waals surface area contributed by atoms with Crippen molar-refractivity contribution in [1.82, 2.24) is 0 Å². The fraction of sp³-hybridized carbons (Fsp3) is 0.500. The Morgan fingerprint density at radius 3 is 2.60 bits per heavy atom. The quantitative estimate of drug-likeness (QED) is 0.530. The summed E-state index contributed by atoms with van der Waals surface area (Å²) in [5.41, 5.74) is 0.742. The molecule has 2 heteroatoms. The first-order chi connectivity index (χ1) is 4.69. The average Bonchev–Trinajstić information content (AvgIpc) is 1.96. The molecule has 1 aliphatic rings. The minimum atomic E-state index is -0.269. The number of hydroxylamine groups is 1. The molecule has 0 aromatic rings. The van der Waals surface area contributed by atoms with Gasteiger partial charge in [-0.15, -0.1) is 0 Å². The van der Waals surface area contributed by atoms with Gasteiger partial charge in [-0.2, -0.15) is 0 Å². The number of hydrogen-bond acceptors (Lipinski definition) is 1. The predicted octanol–water partition coefficient (Wildman–Crippen LogP) is 0.568. The summed E-state index contributed by atoms with van der Waals surface area (Å²) in [6.45, 7) is 4.00. The smallest absolute Gasteiger partial charge is 0.118 e. The Labute approximate surface area is 61.2 Å². The van der Waals surface area contributed by atoms with Crippen LogP contribution in [0.15, 0.2) is 24.3 Å². The van der Waals surface area contributed by atoms with Crippen molar-refractivity contribution in [3.05, 3.63) is 29.5 Å². The van der Waals surface area contributed by atoms with Crippen molar-refractivity contribution in [2.24, 2.45) is 5.92 Å². The van der Waals surface area contributed by atoms with Gasteiger partial charge in [0.15, 0.2) is 0 Å². The summed E-state index contributed by atoms with van der Waals surface area (Å²) in [5.74, 6) is 0.329. The fourth-order valence-corrected chi connectivity index (χ4v) is 0.999. The molecule has 0 saturated carbocycles. The van der Waals surface area contributed by atoms with E-state index in [2.05, 4.69) is 13.0 Å². The van der Waals surface area contributed by atoms with Crippen LogP contribution in [0.5, 0.6) is 0 Å². The molecular weight excluding hydrogens is 126 g/mol. The Hall–Kier alpha value is -0.600. The number of nitrogens with two attached hydrogens (primary N) is 1. The molecule has 2 unspecified atom stereocenters. The van der Waals surface area contributed by atoms with Gasteiger partial charge in [0.05, 0.1) is 0 Å². The van der Waals surface area contributed by atoms with Crippen molar-refractivity contribution in [2.75, 3.05) is 0 Å². The van der Waals surface area contributed by atoms with E-state index in [9.17, 15) is 5.21 Å². The summed E-state index contributed by atoms with van der Waals surface area (Å²) in [7, 11) is 0. The number of rotatable bonds is 1. The molecule has 56 valence electrons. The summed E-state index contributed by atoms with van der Waals surface area (Å²) in [6.07, 6.45) is 7.91. The third-order valence-electron chi connectivity index (χ3n) is 2.20. The maximum Gasteiger partial charge on any atom is 0.118 e. The van der Waals surface area contributed by atoms with Crippen LogP contribution in [-0.4, -0.2) is 5.54 Å². The number of hydrogen-bond donors (Lipinski definition) is 1. The van der Waals surface area contributed by atoms with E-state index in [0.29, 0.717) is 5.92 Å². The Morgan fingerprint density at radius 2 is 2.20 bits per heavy atom. The van der Waals surface area contributed by atoms with E-state index in [1.807, 2.05) is 25.2 Å². The van der Waals surface area contributed by atoms with Crippen molar-refractivity contribution in [3.63, 3.8) is 0 Å². The summed E-state index contributed by atoms with van der Waals surface area (Å²) >= 11 is 0. The molecule has 1 rings (SSSR count). The van der Waals surface area contributed by atoms with Gasteiger partial charge in [0, 0.05) is 5.92 Å². The lowest BCUT2D eigenvalue weighted by Crippen LogP contribution is -2.92. The molecule has 2 atom stereocenters. The maximum absolute atomic E-state index is 10.6. The summed E-state index contributed by atoms with van der Waals surface area (Å²) < 4.78 is 0. The van der Waals surface area contributed by atoms with Crippen molar-refractivity contribution in [2.45, 2.75) is 19.4 Å². The molecule has 0 radical (unpaired) electrons. The molecule has 0 bridgehead atoms. The molecule has 0 spiro atoms. The minimum absolute atomic E-state index is 0.269. The van der Waals surface area contributed by atoms with Gasteiger partial charge >= 0.3 is 0 Å². The third kappa shape index (κ3) is 1.13. The molecule has 0 aromatic carbocycles. The first kappa shape index (κ1) is 7.51. The molecule has 0 saturated heterocycles. The van der Waals surface area contributed by atoms with Crippen molar-refractivity contribution in [3.8, 4) is 0 Å². The first-order valence-corrected chi connectivity index (χ1v) is 3.51. The van der Waals surface area contributed by atoms with Crippen molar-refractivity contribution < 1.29 is 5.48 Å². The predicted molar refractivity (Wildman–Crippen MR) is 41.1 cm³/mol. The molecule has 1 aliphatic carbocycles. The summed E-state index contributed by atoms with van der Waals surface area (Å²) in [5, 5.41) is 10.6. The highest BCUT2D eigenvalue weighted by Crippen LogP contribution is 2.18. The highest BCUT2D eigenvalue weighted by atomic mass is 16.5. The third-order valence-corrected chi connectivity index (χ3v) is 2.20. The second kappa shape index (κ2) is 2.56. The molecule has 0 aliphatic heterocycles. The number of allylic oxidation sites excluding steroid dienone is 2. The van der Waals surface area contributed by atoms with Crippen LogP contribution in [0.1, 0.15) is 13.8 Å². The lowest BCUT2D eigenvalue weighted by Gasteiger charge is -2.32. The zero-order valence-corrected chi connectivity index (χ0v) is 6.37. The van der Waals surface area contributed by atoms with E-state index in [4.69, 9.17) is 0 Å². The van der Waals surface area contributed by atoms with Gasteiger partial charge < -0.3 is 10.7 Å². The van der Waals surface area contributed by atoms with E-state index in [0.717, 1.165) is 5.48 Å². The van der Waals surface area contributed by atoms with Gasteiger partial charge in [-0.1, -0.05) is 25.2 Å². The lowest BCUT2D eigenvalue weighted by molar-refractivity contribution is -0.659. The van der Waals surface area contributed by atoms with Crippen LogP contribution in [0.2, 0.25) is 0 Å². The molecule has 2 nitrogen and oxygen atoms in total. The van der Waals surface area contributed by atoms with Crippen LogP contribution in [0.4, 0.5) is 0 Å². The first-order valence-electron chi connectivity index (χ1n) is 3.51. The van der Waals surface area contributed by atoms with E-state index >= 15 is 0 Å². The second-order valence-corrected chi connectivity index (χ2v) is 3.02. The molecular formula is C8H13NO. The zero-order chi connectivity index (χ0) is 7.61. The SMILES string of the molecule is CC1C=CC=CC1(C)[NH2+][O-]. The Bertz CT molecular complexity index is 174. The van der Waals surface area contributed by atoms with Crippen LogP contribution in [0, 0.1) is 11.1 Å². The summed E-state index contributed by atoms with van der Waals surface area (Å²) in [4.78, 5) is 0. The Kier molecular flexibility index (Phi) is 1.92. The highest BCUT2D eigenvalue weighted by Gasteiger charge is 2.28. The van der Waals surface area contributed by atoms with E-state index < -0.39 is 0 Å². The van der Waals surface area contributed by atoms with Crippen LogP contribution in [-0.2, 0) is 0 Å². The lowest BCUT2D eigenvalue weighted by atomic mass is 9.84. The monoisotopic (exact) mass is 139 g/mol. The van der Waals surface area contributed by atoms with E-state index in [1.165, 1.54) is 0 Å². The van der Waals surface area contributed by atoms with Gasteiger partial charge in [-0.25, -0.2) is 0 Å². The van der Waals surface area contributed by atoms with Crippen molar-refractivity contribution >= 4 is 0 Å². The second-order valence-electron chi connectivity index (χ2n) is 3.02. The van der Waals surface area contributed by atoms with Crippen LogP contribution < -0.4 is 5.48 Å². The zero-order valence-electron chi connectivity index (χ0n) is 6.37. The van der Waals surface area contributed by atoms with Crippen LogP contribution >= 0.6 is 0 Å². The Morgan fingerprint density at radius 1 is 1.50 bits per heavy atom. The molecule has 2 N–H and O–H groups in total. The van der Waals surface area contributed by atoms with E-state index in [-0.39, 0.29) is 5.54 Å². The minimum Gasteiger partial charge on any atom is -0.635 e. The van der Waals surface area contributed by atoms with Gasteiger partial charge in [-0.05, 0) is 13.0 Å². The van der Waals surface area contributed by atoms with Crippen molar-refractivity contribution in [1.29, 1.82) is 0 Å². The molecule has 0 fully saturated rings. The van der Waals surface area contributed by atoms with Gasteiger partial charge in [0.2, 0.25) is 0 Å². The number of quaternary nitrogens is 1. The standard InChI is InChI=1S/C8H13NO/c1-7-5-3-4-6-8(7,2)9-10/h3-7H,9H2,1-2H3.